The lowest BCUT2D eigenvalue weighted by atomic mass is 10.1. The number of aromatic amines is 1. The third kappa shape index (κ3) is 4.66. The topological polar surface area (TPSA) is 118 Å². The molecule has 9 nitrogen and oxygen atoms in total. The molecule has 0 saturated heterocycles. The van der Waals surface area contributed by atoms with Crippen molar-refractivity contribution >= 4 is 20.9 Å². The Hall–Kier alpha value is -3.08. The molecule has 0 saturated carbocycles. The fraction of sp³-hybridized carbons (Fsp3) is 0.286. The zero-order chi connectivity index (χ0) is 22.6. The fourth-order valence-electron chi connectivity index (χ4n) is 3.18. The summed E-state index contributed by atoms with van der Waals surface area (Å²) in [4.78, 5) is 15.4. The first-order chi connectivity index (χ1) is 14.8. The summed E-state index contributed by atoms with van der Waals surface area (Å²) in [6, 6.07) is 10.8. The number of aliphatic hydroxyl groups excluding tert-OH is 1. The predicted molar refractivity (Wildman–Crippen MR) is 115 cm³/mol. The number of aromatic nitrogens is 1. The van der Waals surface area contributed by atoms with Crippen molar-refractivity contribution in [2.24, 2.45) is 0 Å². The summed E-state index contributed by atoms with van der Waals surface area (Å²) in [6.45, 7) is -0.780. The molecule has 0 fully saturated rings. The van der Waals surface area contributed by atoms with E-state index in [1.807, 2.05) is 0 Å². The van der Waals surface area contributed by atoms with Gasteiger partial charge in [-0.1, -0.05) is 0 Å². The highest BCUT2D eigenvalue weighted by molar-refractivity contribution is 7.89. The second kappa shape index (κ2) is 9.38. The minimum atomic E-state index is -3.96. The van der Waals surface area contributed by atoms with Crippen LogP contribution < -0.4 is 19.8 Å². The van der Waals surface area contributed by atoms with E-state index in [1.54, 1.807) is 18.2 Å². The van der Waals surface area contributed by atoms with Crippen LogP contribution in [0.4, 0.5) is 0 Å². The molecule has 10 heteroatoms. The van der Waals surface area contributed by atoms with Crippen LogP contribution in [0.5, 0.6) is 17.2 Å². The third-order valence-electron chi connectivity index (χ3n) is 4.82. The summed E-state index contributed by atoms with van der Waals surface area (Å²) < 4.78 is 42.9. The van der Waals surface area contributed by atoms with Gasteiger partial charge in [-0.2, -0.15) is 4.31 Å². The lowest BCUT2D eigenvalue weighted by Gasteiger charge is -2.21. The number of nitrogens with zero attached hydrogens (tertiary/aromatic N) is 1. The van der Waals surface area contributed by atoms with Gasteiger partial charge in [0, 0.05) is 30.1 Å². The van der Waals surface area contributed by atoms with E-state index in [4.69, 9.17) is 14.2 Å². The van der Waals surface area contributed by atoms with Gasteiger partial charge in [-0.3, -0.25) is 4.79 Å². The normalized spacial score (nSPS) is 11.6. The molecule has 3 aromatic rings. The van der Waals surface area contributed by atoms with Crippen LogP contribution in [0.3, 0.4) is 0 Å². The molecular formula is C21H24N2O7S. The first-order valence-corrected chi connectivity index (χ1v) is 10.8. The molecule has 2 aromatic carbocycles. The first kappa shape index (κ1) is 22.6. The maximum atomic E-state index is 13.1. The number of aliphatic hydroxyl groups is 1. The van der Waals surface area contributed by atoms with Gasteiger partial charge >= 0.3 is 0 Å². The van der Waals surface area contributed by atoms with E-state index in [-0.39, 0.29) is 23.5 Å². The number of sulfonamides is 1. The molecule has 2 N–H and O–H groups in total. The maximum absolute atomic E-state index is 13.1. The highest BCUT2D eigenvalue weighted by Gasteiger charge is 2.25. The van der Waals surface area contributed by atoms with Gasteiger partial charge in [-0.15, -0.1) is 0 Å². The van der Waals surface area contributed by atoms with Crippen molar-refractivity contribution in [2.45, 2.75) is 11.4 Å². The van der Waals surface area contributed by atoms with Crippen LogP contribution in [0.25, 0.3) is 10.9 Å². The van der Waals surface area contributed by atoms with Crippen molar-refractivity contribution in [2.75, 3.05) is 34.5 Å². The summed E-state index contributed by atoms with van der Waals surface area (Å²) in [5.74, 6) is 1.46. The fourth-order valence-corrected chi connectivity index (χ4v) is 4.59. The Bertz CT molecular complexity index is 1220. The molecule has 0 amide bonds. The van der Waals surface area contributed by atoms with Crippen LogP contribution in [0.1, 0.15) is 5.56 Å². The lowest BCUT2D eigenvalue weighted by Crippen LogP contribution is -2.35. The molecular weight excluding hydrogens is 424 g/mol. The molecule has 0 atom stereocenters. The van der Waals surface area contributed by atoms with Crippen molar-refractivity contribution in [3.63, 3.8) is 0 Å². The zero-order valence-electron chi connectivity index (χ0n) is 17.4. The summed E-state index contributed by atoms with van der Waals surface area (Å²) in [6.07, 6.45) is 0. The van der Waals surface area contributed by atoms with Crippen LogP contribution in [0.15, 0.2) is 52.2 Å². The Kier molecular flexibility index (Phi) is 6.84. The van der Waals surface area contributed by atoms with E-state index >= 15 is 0 Å². The number of hydrogen-bond donors (Lipinski definition) is 2. The predicted octanol–water partition coefficient (Wildman–Crippen LogP) is 1.74. The highest BCUT2D eigenvalue weighted by atomic mass is 32.2. The van der Waals surface area contributed by atoms with E-state index in [1.165, 1.54) is 45.6 Å². The van der Waals surface area contributed by atoms with Crippen molar-refractivity contribution in [1.82, 2.24) is 9.29 Å². The Balaban J connectivity index is 2.01. The highest BCUT2D eigenvalue weighted by Crippen LogP contribution is 2.31. The van der Waals surface area contributed by atoms with E-state index in [9.17, 15) is 18.3 Å². The molecule has 0 spiro atoms. The standard InChI is InChI=1S/C21H24N2O7S/c1-28-16-4-6-17(7-5-16)31(26,27)23(8-9-24)13-15-10-14-11-19(29-2)20(30-3)12-18(14)22-21(15)25/h4-7,10-12,24H,8-9,13H2,1-3H3,(H,22,25). The number of ether oxygens (including phenoxy) is 3. The van der Waals surface area contributed by atoms with Gasteiger partial charge in [0.25, 0.3) is 5.56 Å². The number of rotatable bonds is 9. The minimum Gasteiger partial charge on any atom is -0.497 e. The molecule has 1 aromatic heterocycles. The summed E-state index contributed by atoms with van der Waals surface area (Å²) >= 11 is 0. The summed E-state index contributed by atoms with van der Waals surface area (Å²) in [5, 5.41) is 10.1. The number of H-pyrrole nitrogens is 1. The van der Waals surface area contributed by atoms with Gasteiger partial charge in [-0.25, -0.2) is 8.42 Å². The molecule has 0 bridgehead atoms. The van der Waals surface area contributed by atoms with E-state index < -0.39 is 22.2 Å². The Morgan fingerprint density at radius 1 is 0.968 bits per heavy atom. The van der Waals surface area contributed by atoms with Crippen LogP contribution in [-0.4, -0.2) is 57.3 Å². The van der Waals surface area contributed by atoms with Crippen LogP contribution in [0.2, 0.25) is 0 Å². The quantitative estimate of drug-likeness (QED) is 0.512. The molecule has 3 rings (SSSR count). The number of nitrogens with one attached hydrogen (secondary N) is 1. The number of hydrogen-bond acceptors (Lipinski definition) is 7. The average molecular weight is 448 g/mol. The zero-order valence-corrected chi connectivity index (χ0v) is 18.2. The molecule has 0 aliphatic rings. The lowest BCUT2D eigenvalue weighted by molar-refractivity contribution is 0.251. The van der Waals surface area contributed by atoms with Gasteiger partial charge in [-0.05, 0) is 36.4 Å². The van der Waals surface area contributed by atoms with Crippen LogP contribution in [-0.2, 0) is 16.6 Å². The molecule has 0 aliphatic carbocycles. The third-order valence-corrected chi connectivity index (χ3v) is 6.68. The van der Waals surface area contributed by atoms with E-state index in [2.05, 4.69) is 4.98 Å². The number of fused-ring (bicyclic) bond motifs is 1. The number of benzene rings is 2. The Morgan fingerprint density at radius 2 is 1.61 bits per heavy atom. The van der Waals surface area contributed by atoms with Gasteiger partial charge in [0.15, 0.2) is 11.5 Å². The van der Waals surface area contributed by atoms with Crippen molar-refractivity contribution in [1.29, 1.82) is 0 Å². The number of methoxy groups -OCH3 is 3. The van der Waals surface area contributed by atoms with Crippen molar-refractivity contribution < 1.29 is 27.7 Å². The summed E-state index contributed by atoms with van der Waals surface area (Å²) in [7, 11) is 0.518. The van der Waals surface area contributed by atoms with Crippen LogP contribution >= 0.6 is 0 Å². The second-order valence-electron chi connectivity index (χ2n) is 6.66. The smallest absolute Gasteiger partial charge is 0.252 e. The molecule has 166 valence electrons. The monoisotopic (exact) mass is 448 g/mol. The largest absolute Gasteiger partial charge is 0.497 e. The summed E-state index contributed by atoms with van der Waals surface area (Å²) in [5.41, 5.74) is 0.316. The van der Waals surface area contributed by atoms with Gasteiger partial charge in [0.05, 0.1) is 38.3 Å². The molecule has 1 heterocycles. The molecule has 31 heavy (non-hydrogen) atoms. The molecule has 0 unspecified atom stereocenters. The van der Waals surface area contributed by atoms with Gasteiger partial charge in [0.2, 0.25) is 10.0 Å². The second-order valence-corrected chi connectivity index (χ2v) is 8.59. The number of pyridine rings is 1. The minimum absolute atomic E-state index is 0.0328. The average Bonchev–Trinajstić information content (AvgIpc) is 2.78. The van der Waals surface area contributed by atoms with Gasteiger partial charge < -0.3 is 24.3 Å². The molecule has 0 aliphatic heterocycles. The Morgan fingerprint density at radius 3 is 2.19 bits per heavy atom. The van der Waals surface area contributed by atoms with Crippen molar-refractivity contribution in [3.8, 4) is 17.2 Å². The SMILES string of the molecule is COc1ccc(S(=O)(=O)N(CCO)Cc2cc3cc(OC)c(OC)cc3[nH]c2=O)cc1. The van der Waals surface area contributed by atoms with Crippen LogP contribution in [0, 0.1) is 0 Å². The van der Waals surface area contributed by atoms with E-state index in [0.717, 1.165) is 4.31 Å². The van der Waals surface area contributed by atoms with Gasteiger partial charge in [0.1, 0.15) is 5.75 Å². The maximum Gasteiger partial charge on any atom is 0.252 e. The molecule has 0 radical (unpaired) electrons. The Labute approximate surface area is 179 Å². The first-order valence-electron chi connectivity index (χ1n) is 9.37. The van der Waals surface area contributed by atoms with Crippen molar-refractivity contribution in [3.05, 3.63) is 58.4 Å². The van der Waals surface area contributed by atoms with E-state index in [0.29, 0.717) is 28.2 Å².